The van der Waals surface area contributed by atoms with Crippen molar-refractivity contribution in [2.24, 2.45) is 0 Å². The van der Waals surface area contributed by atoms with Crippen LogP contribution in [0, 0.1) is 13.8 Å². The SMILES string of the molecule is Cc1cccc(-c2ccncc2C)c1. The summed E-state index contributed by atoms with van der Waals surface area (Å²) in [6.07, 6.45) is 3.74. The quantitative estimate of drug-likeness (QED) is 0.660. The van der Waals surface area contributed by atoms with Crippen LogP contribution in [-0.2, 0) is 0 Å². The highest BCUT2D eigenvalue weighted by atomic mass is 14.6. The van der Waals surface area contributed by atoms with Crippen LogP contribution in [0.15, 0.2) is 42.7 Å². The highest BCUT2D eigenvalue weighted by molar-refractivity contribution is 5.66. The van der Waals surface area contributed by atoms with E-state index in [4.69, 9.17) is 0 Å². The zero-order chi connectivity index (χ0) is 9.97. The topological polar surface area (TPSA) is 12.9 Å². The molecule has 0 atom stereocenters. The summed E-state index contributed by atoms with van der Waals surface area (Å²) in [5.41, 5.74) is 5.05. The molecule has 1 heteroatoms. The monoisotopic (exact) mass is 183 g/mol. The summed E-state index contributed by atoms with van der Waals surface area (Å²) in [7, 11) is 0. The lowest BCUT2D eigenvalue weighted by atomic mass is 10.0. The third kappa shape index (κ3) is 1.67. The average molecular weight is 183 g/mol. The van der Waals surface area contributed by atoms with Crippen molar-refractivity contribution in [2.75, 3.05) is 0 Å². The van der Waals surface area contributed by atoms with Crippen LogP contribution in [0.1, 0.15) is 11.1 Å². The first-order chi connectivity index (χ1) is 6.77. The second kappa shape index (κ2) is 3.62. The lowest BCUT2D eigenvalue weighted by Crippen LogP contribution is -1.84. The summed E-state index contributed by atoms with van der Waals surface area (Å²) in [6, 6.07) is 10.6. The van der Waals surface area contributed by atoms with E-state index in [1.165, 1.54) is 22.3 Å². The van der Waals surface area contributed by atoms with E-state index in [1.807, 2.05) is 12.4 Å². The number of benzene rings is 1. The molecular formula is C13H13N. The van der Waals surface area contributed by atoms with Crippen LogP contribution in [0.2, 0.25) is 0 Å². The lowest BCUT2D eigenvalue weighted by Gasteiger charge is -2.05. The molecule has 1 heterocycles. The largest absolute Gasteiger partial charge is 0.264 e. The second-order valence-electron chi connectivity index (χ2n) is 3.56. The molecule has 1 nitrogen and oxygen atoms in total. The van der Waals surface area contributed by atoms with E-state index < -0.39 is 0 Å². The van der Waals surface area contributed by atoms with Gasteiger partial charge in [0.1, 0.15) is 0 Å². The third-order valence-electron chi connectivity index (χ3n) is 2.35. The van der Waals surface area contributed by atoms with Crippen LogP contribution in [0.4, 0.5) is 0 Å². The Hall–Kier alpha value is -1.63. The highest BCUT2D eigenvalue weighted by Gasteiger charge is 2.00. The van der Waals surface area contributed by atoms with Crippen LogP contribution in [0.25, 0.3) is 11.1 Å². The molecule has 0 radical (unpaired) electrons. The maximum absolute atomic E-state index is 4.09. The number of rotatable bonds is 1. The number of nitrogens with zero attached hydrogens (tertiary/aromatic N) is 1. The number of pyridine rings is 1. The van der Waals surface area contributed by atoms with Crippen molar-refractivity contribution in [1.82, 2.24) is 4.98 Å². The molecule has 0 saturated carbocycles. The van der Waals surface area contributed by atoms with Crippen molar-refractivity contribution in [3.8, 4) is 11.1 Å². The standard InChI is InChI=1S/C13H13N/c1-10-4-3-5-12(8-10)13-6-7-14-9-11(13)2/h3-9H,1-2H3. The molecule has 2 rings (SSSR count). The first kappa shape index (κ1) is 8.95. The minimum Gasteiger partial charge on any atom is -0.264 e. The number of hydrogen-bond acceptors (Lipinski definition) is 1. The van der Waals surface area contributed by atoms with Crippen LogP contribution >= 0.6 is 0 Å². The molecule has 0 aliphatic rings. The van der Waals surface area contributed by atoms with Crippen LogP contribution in [-0.4, -0.2) is 4.98 Å². The Bertz CT molecular complexity index is 446. The number of aromatic nitrogens is 1. The van der Waals surface area contributed by atoms with Gasteiger partial charge >= 0.3 is 0 Å². The Balaban J connectivity index is 2.55. The molecule has 0 saturated heterocycles. The molecule has 0 bridgehead atoms. The van der Waals surface area contributed by atoms with E-state index in [1.54, 1.807) is 0 Å². The van der Waals surface area contributed by atoms with E-state index in [2.05, 4.69) is 49.2 Å². The Morgan fingerprint density at radius 1 is 1.07 bits per heavy atom. The van der Waals surface area contributed by atoms with Gasteiger partial charge in [0.15, 0.2) is 0 Å². The number of hydrogen-bond donors (Lipinski definition) is 0. The van der Waals surface area contributed by atoms with E-state index >= 15 is 0 Å². The van der Waals surface area contributed by atoms with E-state index in [-0.39, 0.29) is 0 Å². The first-order valence-electron chi connectivity index (χ1n) is 4.75. The summed E-state index contributed by atoms with van der Waals surface area (Å²) in [5, 5.41) is 0. The van der Waals surface area contributed by atoms with E-state index in [0.29, 0.717) is 0 Å². The lowest BCUT2D eigenvalue weighted by molar-refractivity contribution is 1.27. The molecule has 0 aliphatic carbocycles. The Morgan fingerprint density at radius 2 is 1.93 bits per heavy atom. The van der Waals surface area contributed by atoms with Crippen molar-refractivity contribution in [1.29, 1.82) is 0 Å². The number of aryl methyl sites for hydroxylation is 2. The molecule has 2 aromatic rings. The normalized spacial score (nSPS) is 10.1. The summed E-state index contributed by atoms with van der Waals surface area (Å²) >= 11 is 0. The molecule has 14 heavy (non-hydrogen) atoms. The Labute approximate surface area is 84.4 Å². The van der Waals surface area contributed by atoms with Crippen LogP contribution < -0.4 is 0 Å². The molecule has 0 aliphatic heterocycles. The first-order valence-corrected chi connectivity index (χ1v) is 4.75. The van der Waals surface area contributed by atoms with Gasteiger partial charge < -0.3 is 0 Å². The highest BCUT2D eigenvalue weighted by Crippen LogP contribution is 2.22. The Kier molecular flexibility index (Phi) is 2.32. The summed E-state index contributed by atoms with van der Waals surface area (Å²) in [4.78, 5) is 4.09. The van der Waals surface area contributed by atoms with Gasteiger partial charge in [0.05, 0.1) is 0 Å². The van der Waals surface area contributed by atoms with Gasteiger partial charge in [0, 0.05) is 12.4 Å². The average Bonchev–Trinajstić information content (AvgIpc) is 2.18. The smallest absolute Gasteiger partial charge is 0.0303 e. The van der Waals surface area contributed by atoms with Crippen LogP contribution in [0.3, 0.4) is 0 Å². The van der Waals surface area contributed by atoms with Gasteiger partial charge in [-0.05, 0) is 36.6 Å². The maximum atomic E-state index is 4.09. The van der Waals surface area contributed by atoms with Gasteiger partial charge in [0.25, 0.3) is 0 Å². The van der Waals surface area contributed by atoms with E-state index in [0.717, 1.165) is 0 Å². The predicted octanol–water partition coefficient (Wildman–Crippen LogP) is 3.37. The van der Waals surface area contributed by atoms with Gasteiger partial charge in [-0.2, -0.15) is 0 Å². The zero-order valence-corrected chi connectivity index (χ0v) is 8.49. The molecule has 1 aromatic heterocycles. The summed E-state index contributed by atoms with van der Waals surface area (Å²) in [5.74, 6) is 0. The molecule has 1 aromatic carbocycles. The Morgan fingerprint density at radius 3 is 2.64 bits per heavy atom. The molecule has 0 spiro atoms. The maximum Gasteiger partial charge on any atom is 0.0303 e. The molecule has 0 fully saturated rings. The fourth-order valence-electron chi connectivity index (χ4n) is 1.61. The van der Waals surface area contributed by atoms with Crippen molar-refractivity contribution < 1.29 is 0 Å². The summed E-state index contributed by atoms with van der Waals surface area (Å²) < 4.78 is 0. The van der Waals surface area contributed by atoms with Gasteiger partial charge in [0.2, 0.25) is 0 Å². The van der Waals surface area contributed by atoms with Crippen molar-refractivity contribution in [2.45, 2.75) is 13.8 Å². The molecule has 0 amide bonds. The zero-order valence-electron chi connectivity index (χ0n) is 8.49. The van der Waals surface area contributed by atoms with Crippen molar-refractivity contribution in [3.63, 3.8) is 0 Å². The second-order valence-corrected chi connectivity index (χ2v) is 3.56. The fourth-order valence-corrected chi connectivity index (χ4v) is 1.61. The molecule has 70 valence electrons. The minimum atomic E-state index is 1.22. The van der Waals surface area contributed by atoms with Gasteiger partial charge in [-0.15, -0.1) is 0 Å². The van der Waals surface area contributed by atoms with Gasteiger partial charge in [-0.1, -0.05) is 29.8 Å². The van der Waals surface area contributed by atoms with Gasteiger partial charge in [-0.3, -0.25) is 4.98 Å². The van der Waals surface area contributed by atoms with E-state index in [9.17, 15) is 0 Å². The molecule has 0 N–H and O–H groups in total. The summed E-state index contributed by atoms with van der Waals surface area (Å²) in [6.45, 7) is 4.20. The van der Waals surface area contributed by atoms with Gasteiger partial charge in [-0.25, -0.2) is 0 Å². The molecule has 0 unspecified atom stereocenters. The van der Waals surface area contributed by atoms with Crippen molar-refractivity contribution in [3.05, 3.63) is 53.9 Å². The molecular weight excluding hydrogens is 170 g/mol. The van der Waals surface area contributed by atoms with Crippen molar-refractivity contribution >= 4 is 0 Å². The minimum absolute atomic E-state index is 1.22. The third-order valence-corrected chi connectivity index (χ3v) is 2.35. The van der Waals surface area contributed by atoms with Crippen LogP contribution in [0.5, 0.6) is 0 Å². The predicted molar refractivity (Wildman–Crippen MR) is 59.1 cm³/mol. The fraction of sp³-hybridized carbons (Fsp3) is 0.154.